The third-order valence-corrected chi connectivity index (χ3v) is 6.54. The number of aliphatic hydroxyl groups excluding tert-OH is 1. The van der Waals surface area contributed by atoms with Crippen molar-refractivity contribution in [1.82, 2.24) is 15.5 Å². The molecule has 0 bridgehead atoms. The van der Waals surface area contributed by atoms with Crippen LogP contribution in [0.5, 0.6) is 0 Å². The van der Waals surface area contributed by atoms with E-state index in [0.717, 1.165) is 51.2 Å². The molecule has 1 saturated carbocycles. The molecule has 2 aliphatic heterocycles. The largest absolute Gasteiger partial charge is 0.396 e. The zero-order chi connectivity index (χ0) is 19.1. The van der Waals surface area contributed by atoms with Gasteiger partial charge in [0.25, 0.3) is 0 Å². The highest BCUT2D eigenvalue weighted by molar-refractivity contribution is 14.0. The Morgan fingerprint density at radius 1 is 1.21 bits per heavy atom. The van der Waals surface area contributed by atoms with E-state index in [0.29, 0.717) is 25.7 Å². The Balaban J connectivity index is 0.00000280. The molecule has 1 amide bonds. The van der Waals surface area contributed by atoms with Crippen LogP contribution in [0.4, 0.5) is 0 Å². The summed E-state index contributed by atoms with van der Waals surface area (Å²) in [6.45, 7) is 3.85. The van der Waals surface area contributed by atoms with Gasteiger partial charge in [0.15, 0.2) is 5.96 Å². The minimum atomic E-state index is -0.130. The normalized spacial score (nSPS) is 25.9. The molecule has 0 radical (unpaired) electrons. The number of guanidine groups is 1. The van der Waals surface area contributed by atoms with E-state index in [1.54, 1.807) is 7.05 Å². The Labute approximate surface area is 186 Å². The first-order valence-corrected chi connectivity index (χ1v) is 10.6. The van der Waals surface area contributed by atoms with E-state index in [1.807, 2.05) is 4.90 Å². The van der Waals surface area contributed by atoms with Crippen LogP contribution in [-0.2, 0) is 9.53 Å². The van der Waals surface area contributed by atoms with Gasteiger partial charge >= 0.3 is 0 Å². The van der Waals surface area contributed by atoms with Crippen LogP contribution in [0.2, 0.25) is 0 Å². The molecule has 0 spiro atoms. The van der Waals surface area contributed by atoms with Crippen molar-refractivity contribution in [2.24, 2.45) is 16.3 Å². The fraction of sp³-hybridized carbons (Fsp3) is 0.900. The summed E-state index contributed by atoms with van der Waals surface area (Å²) in [7, 11) is 1.77. The molecule has 0 aromatic heterocycles. The zero-order valence-corrected chi connectivity index (χ0v) is 19.5. The van der Waals surface area contributed by atoms with Gasteiger partial charge in [0, 0.05) is 57.3 Å². The summed E-state index contributed by atoms with van der Waals surface area (Å²) in [5, 5.41) is 16.7. The monoisotopic (exact) mass is 508 g/mol. The highest BCUT2D eigenvalue weighted by Gasteiger charge is 2.34. The number of nitrogens with one attached hydrogen (secondary N) is 2. The van der Waals surface area contributed by atoms with Crippen LogP contribution in [0.15, 0.2) is 4.99 Å². The Morgan fingerprint density at radius 3 is 2.57 bits per heavy atom. The molecule has 2 heterocycles. The van der Waals surface area contributed by atoms with Crippen LogP contribution < -0.4 is 10.6 Å². The smallest absolute Gasteiger partial charge is 0.225 e. The van der Waals surface area contributed by atoms with Crippen LogP contribution in [0.25, 0.3) is 0 Å². The summed E-state index contributed by atoms with van der Waals surface area (Å²) in [6, 6.07) is 0.239. The van der Waals surface area contributed by atoms with E-state index in [2.05, 4.69) is 15.6 Å². The summed E-state index contributed by atoms with van der Waals surface area (Å²) >= 11 is 0. The first-order valence-electron chi connectivity index (χ1n) is 10.6. The van der Waals surface area contributed by atoms with Crippen molar-refractivity contribution in [3.05, 3.63) is 0 Å². The third kappa shape index (κ3) is 6.19. The molecule has 28 heavy (non-hydrogen) atoms. The third-order valence-electron chi connectivity index (χ3n) is 6.54. The van der Waals surface area contributed by atoms with Crippen molar-refractivity contribution >= 4 is 35.8 Å². The summed E-state index contributed by atoms with van der Waals surface area (Å²) in [6.07, 6.45) is 8.46. The molecule has 0 aromatic rings. The van der Waals surface area contributed by atoms with Crippen LogP contribution >= 0.6 is 24.0 Å². The molecule has 7 nitrogen and oxygen atoms in total. The van der Waals surface area contributed by atoms with E-state index in [-0.39, 0.29) is 48.0 Å². The molecule has 1 aliphatic carbocycles. The van der Waals surface area contributed by atoms with Crippen molar-refractivity contribution in [1.29, 1.82) is 0 Å². The molecule has 162 valence electrons. The number of carbonyl (C=O) groups is 1. The second-order valence-electron chi connectivity index (χ2n) is 8.45. The van der Waals surface area contributed by atoms with Gasteiger partial charge < -0.3 is 25.4 Å². The SMILES string of the molecule is CN=C(NCC1(CO)CCOCC1)NC1CCN(C(=O)C2CCCCC2)C1.I. The highest BCUT2D eigenvalue weighted by Crippen LogP contribution is 2.29. The lowest BCUT2D eigenvalue weighted by molar-refractivity contribution is -0.135. The lowest BCUT2D eigenvalue weighted by Crippen LogP contribution is -2.50. The van der Waals surface area contributed by atoms with Crippen LogP contribution in [0, 0.1) is 11.3 Å². The first-order chi connectivity index (χ1) is 13.2. The molecule has 3 aliphatic rings. The van der Waals surface area contributed by atoms with Gasteiger partial charge in [-0.3, -0.25) is 9.79 Å². The van der Waals surface area contributed by atoms with Crippen molar-refractivity contribution in [2.45, 2.75) is 57.4 Å². The molecule has 2 saturated heterocycles. The highest BCUT2D eigenvalue weighted by atomic mass is 127. The zero-order valence-electron chi connectivity index (χ0n) is 17.1. The minimum absolute atomic E-state index is 0. The van der Waals surface area contributed by atoms with Gasteiger partial charge in [-0.1, -0.05) is 19.3 Å². The van der Waals surface area contributed by atoms with Gasteiger partial charge in [0.05, 0.1) is 6.61 Å². The molecule has 1 unspecified atom stereocenters. The average Bonchev–Trinajstić information content (AvgIpc) is 3.20. The number of likely N-dealkylation sites (tertiary alicyclic amines) is 1. The number of rotatable bonds is 5. The second kappa shape index (κ2) is 11.5. The van der Waals surface area contributed by atoms with E-state index >= 15 is 0 Å². The van der Waals surface area contributed by atoms with Crippen LogP contribution in [0.3, 0.4) is 0 Å². The maximum atomic E-state index is 12.7. The number of hydrogen-bond donors (Lipinski definition) is 3. The molecular formula is C20H37IN4O3. The summed E-state index contributed by atoms with van der Waals surface area (Å²) in [5.74, 6) is 1.35. The number of hydrogen-bond acceptors (Lipinski definition) is 4. The van der Waals surface area contributed by atoms with Crippen molar-refractivity contribution in [3.63, 3.8) is 0 Å². The van der Waals surface area contributed by atoms with E-state index in [4.69, 9.17) is 4.74 Å². The predicted octanol–water partition coefficient (Wildman–Crippen LogP) is 1.74. The quantitative estimate of drug-likeness (QED) is 0.299. The van der Waals surface area contributed by atoms with Gasteiger partial charge in [0.2, 0.25) is 5.91 Å². The lowest BCUT2D eigenvalue weighted by atomic mass is 9.81. The summed E-state index contributed by atoms with van der Waals surface area (Å²) in [4.78, 5) is 19.1. The van der Waals surface area contributed by atoms with E-state index in [1.165, 1.54) is 19.3 Å². The van der Waals surface area contributed by atoms with Gasteiger partial charge in [-0.25, -0.2) is 0 Å². The van der Waals surface area contributed by atoms with Crippen LogP contribution in [-0.4, -0.2) is 74.4 Å². The summed E-state index contributed by atoms with van der Waals surface area (Å²) in [5.41, 5.74) is -0.130. The average molecular weight is 508 g/mol. The van der Waals surface area contributed by atoms with E-state index < -0.39 is 0 Å². The molecule has 0 aromatic carbocycles. The second-order valence-corrected chi connectivity index (χ2v) is 8.45. The van der Waals surface area contributed by atoms with Crippen LogP contribution in [0.1, 0.15) is 51.4 Å². The topological polar surface area (TPSA) is 86.2 Å². The van der Waals surface area contributed by atoms with E-state index in [9.17, 15) is 9.90 Å². The molecule has 3 fully saturated rings. The van der Waals surface area contributed by atoms with Crippen molar-refractivity contribution in [2.75, 3.05) is 46.5 Å². The standard InChI is InChI=1S/C20H36N4O3.HI/c1-21-19(22-14-20(15-25)8-11-27-12-9-20)23-17-7-10-24(13-17)18(26)16-5-3-2-4-6-16;/h16-17,25H,2-15H2,1H3,(H2,21,22,23);1H. The summed E-state index contributed by atoms with van der Waals surface area (Å²) < 4.78 is 5.43. The number of nitrogens with zero attached hydrogens (tertiary/aromatic N) is 2. The van der Waals surface area contributed by atoms with Crippen molar-refractivity contribution in [3.8, 4) is 0 Å². The number of aliphatic imine (C=N–C) groups is 1. The molecule has 1 atom stereocenters. The number of ether oxygens (including phenoxy) is 1. The molecule has 3 N–H and O–H groups in total. The van der Waals surface area contributed by atoms with Gasteiger partial charge in [-0.2, -0.15) is 0 Å². The number of carbonyl (C=O) groups excluding carboxylic acids is 1. The number of amides is 1. The number of halogens is 1. The molecule has 3 rings (SSSR count). The van der Waals surface area contributed by atoms with Gasteiger partial charge in [0.1, 0.15) is 0 Å². The Hall–Kier alpha value is -0.610. The van der Waals surface area contributed by atoms with Crippen molar-refractivity contribution < 1.29 is 14.6 Å². The van der Waals surface area contributed by atoms with Gasteiger partial charge in [-0.05, 0) is 32.1 Å². The Morgan fingerprint density at radius 2 is 1.93 bits per heavy atom. The van der Waals surface area contributed by atoms with Gasteiger partial charge in [-0.15, -0.1) is 24.0 Å². The fourth-order valence-corrected chi connectivity index (χ4v) is 4.54. The predicted molar refractivity (Wildman–Crippen MR) is 121 cm³/mol. The minimum Gasteiger partial charge on any atom is -0.396 e. The maximum absolute atomic E-state index is 12.7. The first kappa shape index (κ1) is 23.7. The fourth-order valence-electron chi connectivity index (χ4n) is 4.54. The number of aliphatic hydroxyl groups is 1. The molecule has 8 heteroatoms. The Bertz CT molecular complexity index is 520. The maximum Gasteiger partial charge on any atom is 0.225 e. The lowest BCUT2D eigenvalue weighted by Gasteiger charge is -2.36. The molecular weight excluding hydrogens is 471 g/mol. The Kier molecular flexibility index (Phi) is 9.76.